The largest absolute Gasteiger partial charge is 0.462 e. The summed E-state index contributed by atoms with van der Waals surface area (Å²) in [6, 6.07) is 4.03. The lowest BCUT2D eigenvalue weighted by Gasteiger charge is -2.03. The van der Waals surface area contributed by atoms with E-state index in [0.29, 0.717) is 9.13 Å². The normalized spacial score (nSPS) is 9.73. The fourth-order valence-corrected chi connectivity index (χ4v) is 1.71. The summed E-state index contributed by atoms with van der Waals surface area (Å²) in [6.45, 7) is 1.99. The first-order valence-corrected chi connectivity index (χ1v) is 5.25. The second kappa shape index (κ2) is 5.06. The van der Waals surface area contributed by atoms with Gasteiger partial charge in [0.25, 0.3) is 5.69 Å². The lowest BCUT2D eigenvalue weighted by atomic mass is 10.2. The predicted molar refractivity (Wildman–Crippen MR) is 61.8 cm³/mol. The minimum absolute atomic E-state index is 0.0348. The maximum atomic E-state index is 11.3. The molecule has 0 N–H and O–H groups in total. The molecule has 0 fully saturated rings. The van der Waals surface area contributed by atoms with Gasteiger partial charge in [0.1, 0.15) is 0 Å². The van der Waals surface area contributed by atoms with Gasteiger partial charge in [0.15, 0.2) is 0 Å². The zero-order valence-corrected chi connectivity index (χ0v) is 10.1. The fraction of sp³-hybridized carbons (Fsp3) is 0.222. The highest BCUT2D eigenvalue weighted by molar-refractivity contribution is 14.1. The van der Waals surface area contributed by atoms with Crippen LogP contribution in [-0.2, 0) is 4.74 Å². The van der Waals surface area contributed by atoms with E-state index in [2.05, 4.69) is 0 Å². The molecule has 0 unspecified atom stereocenters. The van der Waals surface area contributed by atoms with Gasteiger partial charge in [-0.15, -0.1) is 0 Å². The highest BCUT2D eigenvalue weighted by atomic mass is 127. The Kier molecular flexibility index (Phi) is 4.01. The van der Waals surface area contributed by atoms with E-state index in [0.717, 1.165) is 0 Å². The van der Waals surface area contributed by atoms with Crippen LogP contribution in [-0.4, -0.2) is 17.5 Å². The number of hydrogen-bond donors (Lipinski definition) is 0. The summed E-state index contributed by atoms with van der Waals surface area (Å²) in [5.41, 5.74) is 0.315. The third-order valence-corrected chi connectivity index (χ3v) is 2.55. The van der Waals surface area contributed by atoms with Crippen molar-refractivity contribution in [3.05, 3.63) is 37.4 Å². The third kappa shape index (κ3) is 2.88. The van der Waals surface area contributed by atoms with Crippen LogP contribution in [0.4, 0.5) is 5.69 Å². The van der Waals surface area contributed by atoms with Crippen molar-refractivity contribution < 1.29 is 14.5 Å². The number of rotatable bonds is 3. The molecule has 0 radical (unpaired) electrons. The monoisotopic (exact) mass is 321 g/mol. The van der Waals surface area contributed by atoms with Gasteiger partial charge in [-0.25, -0.2) is 4.79 Å². The molecule has 1 rings (SSSR count). The Morgan fingerprint density at radius 3 is 2.73 bits per heavy atom. The van der Waals surface area contributed by atoms with E-state index in [-0.39, 0.29) is 12.3 Å². The summed E-state index contributed by atoms with van der Waals surface area (Å²) in [7, 11) is 0. The van der Waals surface area contributed by atoms with Gasteiger partial charge >= 0.3 is 5.97 Å². The van der Waals surface area contributed by atoms with Crippen LogP contribution < -0.4 is 0 Å². The molecule has 80 valence electrons. The molecular formula is C9H8INO4. The highest BCUT2D eigenvalue weighted by Crippen LogP contribution is 2.20. The quantitative estimate of drug-likeness (QED) is 0.371. The molecule has 0 saturated carbocycles. The molecule has 1 aromatic carbocycles. The van der Waals surface area contributed by atoms with Crippen molar-refractivity contribution in [2.24, 2.45) is 0 Å². The molecule has 0 saturated heterocycles. The molecule has 0 heterocycles. The number of carbonyl (C=O) groups excluding carboxylic acids is 1. The molecule has 1 aromatic rings. The summed E-state index contributed by atoms with van der Waals surface area (Å²) >= 11 is 1.87. The van der Waals surface area contributed by atoms with E-state index in [1.165, 1.54) is 18.2 Å². The van der Waals surface area contributed by atoms with Crippen molar-refractivity contribution in [1.82, 2.24) is 0 Å². The molecule has 0 aromatic heterocycles. The van der Waals surface area contributed by atoms with E-state index in [1.807, 2.05) is 22.6 Å². The molecule has 0 aliphatic carbocycles. The molecule has 5 nitrogen and oxygen atoms in total. The van der Waals surface area contributed by atoms with Crippen molar-refractivity contribution in [2.45, 2.75) is 6.92 Å². The zero-order valence-electron chi connectivity index (χ0n) is 7.90. The van der Waals surface area contributed by atoms with E-state index >= 15 is 0 Å². The molecule has 6 heteroatoms. The van der Waals surface area contributed by atoms with Crippen molar-refractivity contribution in [3.8, 4) is 0 Å². The summed E-state index contributed by atoms with van der Waals surface area (Å²) in [5, 5.41) is 10.4. The number of nitro benzene ring substituents is 1. The number of nitrogens with zero attached hydrogens (tertiary/aromatic N) is 1. The van der Waals surface area contributed by atoms with Gasteiger partial charge in [0, 0.05) is 15.7 Å². The smallest absolute Gasteiger partial charge is 0.339 e. The Bertz CT molecular complexity index is 405. The topological polar surface area (TPSA) is 69.4 Å². The molecule has 0 spiro atoms. The number of nitro groups is 1. The van der Waals surface area contributed by atoms with Gasteiger partial charge in [-0.1, -0.05) is 0 Å². The van der Waals surface area contributed by atoms with Gasteiger partial charge in [-0.05, 0) is 35.6 Å². The second-order valence-electron chi connectivity index (χ2n) is 2.64. The molecule has 0 aliphatic rings. The van der Waals surface area contributed by atoms with Crippen LogP contribution in [0, 0.1) is 13.7 Å². The molecule has 15 heavy (non-hydrogen) atoms. The van der Waals surface area contributed by atoms with Gasteiger partial charge < -0.3 is 4.74 Å². The maximum Gasteiger partial charge on any atom is 0.339 e. The molecule has 0 aliphatic heterocycles. The van der Waals surface area contributed by atoms with Crippen molar-refractivity contribution in [2.75, 3.05) is 6.61 Å². The number of esters is 1. The third-order valence-electron chi connectivity index (χ3n) is 1.66. The molecule has 0 bridgehead atoms. The van der Waals surface area contributed by atoms with Crippen molar-refractivity contribution in [3.63, 3.8) is 0 Å². The summed E-state index contributed by atoms with van der Waals surface area (Å²) < 4.78 is 5.31. The number of hydrogen-bond acceptors (Lipinski definition) is 4. The Morgan fingerprint density at radius 1 is 1.60 bits per heavy atom. The number of carbonyl (C=O) groups is 1. The number of halogens is 1. The Hall–Kier alpha value is -1.18. The average Bonchev–Trinajstić information content (AvgIpc) is 2.17. The van der Waals surface area contributed by atoms with E-state index in [9.17, 15) is 14.9 Å². The maximum absolute atomic E-state index is 11.3. The van der Waals surface area contributed by atoms with E-state index in [1.54, 1.807) is 6.92 Å². The molecular weight excluding hydrogens is 313 g/mol. The van der Waals surface area contributed by atoms with E-state index in [4.69, 9.17) is 4.74 Å². The minimum atomic E-state index is -0.503. The van der Waals surface area contributed by atoms with Crippen LogP contribution >= 0.6 is 22.6 Å². The predicted octanol–water partition coefficient (Wildman–Crippen LogP) is 2.38. The van der Waals surface area contributed by atoms with E-state index < -0.39 is 10.9 Å². The highest BCUT2D eigenvalue weighted by Gasteiger charge is 2.14. The first-order valence-electron chi connectivity index (χ1n) is 4.17. The Morgan fingerprint density at radius 2 is 2.27 bits per heavy atom. The second-order valence-corrected chi connectivity index (χ2v) is 3.80. The standard InChI is InChI=1S/C9H8INO4/c1-2-15-9(12)7-4-3-6(11(13)14)5-8(7)10/h3-5H,2H2,1H3. The summed E-state index contributed by atoms with van der Waals surface area (Å²) in [5.74, 6) is -0.461. The minimum Gasteiger partial charge on any atom is -0.462 e. The van der Waals surface area contributed by atoms with Gasteiger partial charge in [-0.2, -0.15) is 0 Å². The van der Waals surface area contributed by atoms with Gasteiger partial charge in [-0.3, -0.25) is 10.1 Å². The lowest BCUT2D eigenvalue weighted by Crippen LogP contribution is -2.06. The Labute approximate surface area is 99.7 Å². The van der Waals surface area contributed by atoms with Crippen LogP contribution in [0.5, 0.6) is 0 Å². The van der Waals surface area contributed by atoms with Gasteiger partial charge in [0.05, 0.1) is 17.1 Å². The molecule has 0 amide bonds. The first-order chi connectivity index (χ1) is 7.06. The van der Waals surface area contributed by atoms with Crippen molar-refractivity contribution >= 4 is 34.2 Å². The van der Waals surface area contributed by atoms with Crippen LogP contribution in [0.2, 0.25) is 0 Å². The molecule has 0 atom stereocenters. The van der Waals surface area contributed by atoms with Gasteiger partial charge in [0.2, 0.25) is 0 Å². The zero-order chi connectivity index (χ0) is 11.4. The SMILES string of the molecule is CCOC(=O)c1ccc([N+](=O)[O-])cc1I. The van der Waals surface area contributed by atoms with Crippen LogP contribution in [0.3, 0.4) is 0 Å². The Balaban J connectivity index is 3.03. The van der Waals surface area contributed by atoms with Crippen LogP contribution in [0.25, 0.3) is 0 Å². The van der Waals surface area contributed by atoms with Crippen LogP contribution in [0.15, 0.2) is 18.2 Å². The summed E-state index contributed by atoms with van der Waals surface area (Å²) in [4.78, 5) is 21.3. The number of non-ortho nitro benzene ring substituents is 1. The lowest BCUT2D eigenvalue weighted by molar-refractivity contribution is -0.384. The summed E-state index contributed by atoms with van der Waals surface area (Å²) in [6.07, 6.45) is 0. The first kappa shape index (κ1) is 11.9. The van der Waals surface area contributed by atoms with Crippen LogP contribution in [0.1, 0.15) is 17.3 Å². The number of benzene rings is 1. The fourth-order valence-electron chi connectivity index (χ4n) is 0.992. The number of ether oxygens (including phenoxy) is 1. The average molecular weight is 321 g/mol. The van der Waals surface area contributed by atoms with Crippen molar-refractivity contribution in [1.29, 1.82) is 0 Å².